The first-order valence-electron chi connectivity index (χ1n) is 4.33. The van der Waals surface area contributed by atoms with Gasteiger partial charge in [0, 0.05) is 18.8 Å². The number of nitrogens with two attached hydrogens (primary N) is 1. The molecule has 3 heteroatoms. The van der Waals surface area contributed by atoms with Crippen LogP contribution in [0.5, 0.6) is 0 Å². The first-order valence-corrected chi connectivity index (χ1v) is 4.33. The Bertz CT molecular complexity index is 431. The van der Waals surface area contributed by atoms with Crippen LogP contribution in [0.2, 0.25) is 0 Å². The Morgan fingerprint density at radius 2 is 2.14 bits per heavy atom. The average Bonchev–Trinajstić information content (AvgIpc) is 2.59. The fourth-order valence-electron chi connectivity index (χ4n) is 1.65. The number of rotatable bonds is 0. The van der Waals surface area contributed by atoms with E-state index in [1.54, 1.807) is 4.90 Å². The van der Waals surface area contributed by atoms with Gasteiger partial charge in [0.15, 0.2) is 0 Å². The van der Waals surface area contributed by atoms with E-state index in [1.807, 2.05) is 18.2 Å². The number of anilines is 1. The van der Waals surface area contributed by atoms with Gasteiger partial charge in [0.2, 0.25) is 0 Å². The summed E-state index contributed by atoms with van der Waals surface area (Å²) in [6, 6.07) is 5.66. The van der Waals surface area contributed by atoms with Crippen LogP contribution in [-0.2, 0) is 17.9 Å². The van der Waals surface area contributed by atoms with Gasteiger partial charge in [-0.1, -0.05) is 6.07 Å². The summed E-state index contributed by atoms with van der Waals surface area (Å²) in [5, 5.41) is 0. The monoisotopic (exact) mass is 186 g/mol. The van der Waals surface area contributed by atoms with Gasteiger partial charge in [-0.3, -0.25) is 4.79 Å². The third-order valence-electron chi connectivity index (χ3n) is 2.36. The standard InChI is InChI=1S/C11H10N2O/c1-2-11(14)13-6-8-3-4-10(12)5-9(8)7-13/h1,3-5H,6-7,12H2. The number of nitrogens with zero attached hydrogens (tertiary/aromatic N) is 1. The number of benzene rings is 1. The Balaban J connectivity index is 2.27. The van der Waals surface area contributed by atoms with Crippen LogP contribution in [0.4, 0.5) is 5.69 Å². The maximum Gasteiger partial charge on any atom is 0.298 e. The molecule has 1 aromatic rings. The summed E-state index contributed by atoms with van der Waals surface area (Å²) in [5.74, 6) is 1.85. The third kappa shape index (κ3) is 1.31. The van der Waals surface area contributed by atoms with E-state index in [9.17, 15) is 4.79 Å². The van der Waals surface area contributed by atoms with Crippen molar-refractivity contribution in [3.8, 4) is 12.3 Å². The van der Waals surface area contributed by atoms with Crippen LogP contribution in [-0.4, -0.2) is 10.8 Å². The van der Waals surface area contributed by atoms with Crippen molar-refractivity contribution < 1.29 is 4.79 Å². The number of fused-ring (bicyclic) bond motifs is 1. The summed E-state index contributed by atoms with van der Waals surface area (Å²) < 4.78 is 0. The van der Waals surface area contributed by atoms with Crippen LogP contribution in [0, 0.1) is 12.3 Å². The van der Waals surface area contributed by atoms with Gasteiger partial charge in [0.05, 0.1) is 0 Å². The van der Waals surface area contributed by atoms with E-state index in [0.717, 1.165) is 16.8 Å². The molecule has 14 heavy (non-hydrogen) atoms. The second-order valence-electron chi connectivity index (χ2n) is 3.33. The minimum Gasteiger partial charge on any atom is -0.399 e. The molecule has 0 saturated heterocycles. The Morgan fingerprint density at radius 3 is 2.86 bits per heavy atom. The normalized spacial score (nSPS) is 13.5. The minimum absolute atomic E-state index is 0.264. The number of terminal acetylenes is 1. The molecule has 0 unspecified atom stereocenters. The lowest BCUT2D eigenvalue weighted by atomic mass is 10.1. The van der Waals surface area contributed by atoms with Gasteiger partial charge in [-0.25, -0.2) is 0 Å². The Kier molecular flexibility index (Phi) is 1.90. The van der Waals surface area contributed by atoms with Crippen molar-refractivity contribution in [2.75, 3.05) is 5.73 Å². The average molecular weight is 186 g/mol. The maximum atomic E-state index is 11.2. The lowest BCUT2D eigenvalue weighted by Crippen LogP contribution is -2.23. The van der Waals surface area contributed by atoms with Crippen LogP contribution in [0.15, 0.2) is 18.2 Å². The highest BCUT2D eigenvalue weighted by Crippen LogP contribution is 2.24. The molecule has 0 radical (unpaired) electrons. The smallest absolute Gasteiger partial charge is 0.298 e. The lowest BCUT2D eigenvalue weighted by Gasteiger charge is -2.09. The molecule has 2 rings (SSSR count). The fourth-order valence-corrected chi connectivity index (χ4v) is 1.65. The van der Waals surface area contributed by atoms with E-state index < -0.39 is 0 Å². The Hall–Kier alpha value is -1.95. The largest absolute Gasteiger partial charge is 0.399 e. The molecule has 0 fully saturated rings. The number of hydrogen-bond donors (Lipinski definition) is 1. The van der Waals surface area contributed by atoms with E-state index in [0.29, 0.717) is 13.1 Å². The molecule has 2 N–H and O–H groups in total. The Labute approximate surface area is 82.5 Å². The highest BCUT2D eigenvalue weighted by molar-refractivity contribution is 5.93. The van der Waals surface area contributed by atoms with E-state index in [1.165, 1.54) is 0 Å². The topological polar surface area (TPSA) is 46.3 Å². The second-order valence-corrected chi connectivity index (χ2v) is 3.33. The molecule has 1 heterocycles. The summed E-state index contributed by atoms with van der Waals surface area (Å²) >= 11 is 0. The first kappa shape index (κ1) is 8.64. The molecule has 0 aliphatic carbocycles. The number of carbonyl (C=O) groups is 1. The third-order valence-corrected chi connectivity index (χ3v) is 2.36. The second kappa shape index (κ2) is 3.08. The summed E-state index contributed by atoms with van der Waals surface area (Å²) in [5.41, 5.74) is 8.58. The molecule has 0 bridgehead atoms. The van der Waals surface area contributed by atoms with Gasteiger partial charge in [-0.05, 0) is 29.2 Å². The van der Waals surface area contributed by atoms with Gasteiger partial charge in [0.1, 0.15) is 0 Å². The van der Waals surface area contributed by atoms with Crippen molar-refractivity contribution in [1.82, 2.24) is 4.90 Å². The zero-order valence-electron chi connectivity index (χ0n) is 7.66. The number of nitrogen functional groups attached to an aromatic ring is 1. The van der Waals surface area contributed by atoms with Gasteiger partial charge in [-0.2, -0.15) is 0 Å². The zero-order valence-corrected chi connectivity index (χ0v) is 7.66. The van der Waals surface area contributed by atoms with E-state index in [4.69, 9.17) is 12.2 Å². The molecule has 1 amide bonds. The van der Waals surface area contributed by atoms with Crippen molar-refractivity contribution in [2.45, 2.75) is 13.1 Å². The molecule has 0 saturated carbocycles. The molecule has 0 spiro atoms. The van der Waals surface area contributed by atoms with Crippen molar-refractivity contribution in [2.24, 2.45) is 0 Å². The molecular formula is C11H10N2O. The summed E-state index contributed by atoms with van der Waals surface area (Å²) in [7, 11) is 0. The van der Waals surface area contributed by atoms with Gasteiger partial charge < -0.3 is 10.6 Å². The first-order chi connectivity index (χ1) is 6.70. The Morgan fingerprint density at radius 1 is 1.43 bits per heavy atom. The van der Waals surface area contributed by atoms with E-state index in [-0.39, 0.29) is 5.91 Å². The van der Waals surface area contributed by atoms with Crippen molar-refractivity contribution >= 4 is 11.6 Å². The van der Waals surface area contributed by atoms with Gasteiger partial charge in [0.25, 0.3) is 5.91 Å². The molecule has 3 nitrogen and oxygen atoms in total. The number of carbonyl (C=O) groups excluding carboxylic acids is 1. The predicted molar refractivity (Wildman–Crippen MR) is 53.9 cm³/mol. The SMILES string of the molecule is C#CC(=O)N1Cc2ccc(N)cc2C1. The summed E-state index contributed by atoms with van der Waals surface area (Å²) in [4.78, 5) is 12.9. The number of hydrogen-bond acceptors (Lipinski definition) is 2. The molecular weight excluding hydrogens is 176 g/mol. The van der Waals surface area contributed by atoms with Crippen molar-refractivity contribution in [3.63, 3.8) is 0 Å². The molecule has 1 aliphatic heterocycles. The quantitative estimate of drug-likeness (QED) is 0.480. The molecule has 1 aliphatic rings. The van der Waals surface area contributed by atoms with E-state index in [2.05, 4.69) is 5.92 Å². The summed E-state index contributed by atoms with van der Waals surface area (Å²) in [6.45, 7) is 1.17. The van der Waals surface area contributed by atoms with Gasteiger partial charge >= 0.3 is 0 Å². The molecule has 70 valence electrons. The molecule has 1 aromatic carbocycles. The van der Waals surface area contributed by atoms with Crippen molar-refractivity contribution in [1.29, 1.82) is 0 Å². The number of amides is 1. The predicted octanol–water partition coefficient (Wildman–Crippen LogP) is 0.744. The molecule has 0 aromatic heterocycles. The highest BCUT2D eigenvalue weighted by Gasteiger charge is 2.21. The van der Waals surface area contributed by atoms with E-state index >= 15 is 0 Å². The highest BCUT2D eigenvalue weighted by atomic mass is 16.2. The summed E-state index contributed by atoms with van der Waals surface area (Å²) in [6.07, 6.45) is 5.05. The van der Waals surface area contributed by atoms with Crippen LogP contribution in [0.25, 0.3) is 0 Å². The van der Waals surface area contributed by atoms with Crippen LogP contribution < -0.4 is 5.73 Å². The van der Waals surface area contributed by atoms with Crippen LogP contribution >= 0.6 is 0 Å². The minimum atomic E-state index is -0.264. The lowest BCUT2D eigenvalue weighted by molar-refractivity contribution is -0.125. The molecule has 0 atom stereocenters. The van der Waals surface area contributed by atoms with Crippen LogP contribution in [0.3, 0.4) is 0 Å². The van der Waals surface area contributed by atoms with Crippen molar-refractivity contribution in [3.05, 3.63) is 29.3 Å². The van der Waals surface area contributed by atoms with Crippen LogP contribution in [0.1, 0.15) is 11.1 Å². The fraction of sp³-hybridized carbons (Fsp3) is 0.182. The van der Waals surface area contributed by atoms with Gasteiger partial charge in [-0.15, -0.1) is 6.42 Å². The zero-order chi connectivity index (χ0) is 10.1. The maximum absolute atomic E-state index is 11.2.